The van der Waals surface area contributed by atoms with Gasteiger partial charge in [0.15, 0.2) is 0 Å². The molecule has 1 heterocycles. The number of nitrogens with one attached hydrogen (secondary N) is 2. The summed E-state index contributed by atoms with van der Waals surface area (Å²) in [4.78, 5) is 7.49. The number of nitrogens with zero attached hydrogens (tertiary/aromatic N) is 1. The van der Waals surface area contributed by atoms with E-state index < -0.39 is 0 Å². The second-order valence-corrected chi connectivity index (χ2v) is 7.69. The topological polar surface area (TPSA) is 40.7 Å². The predicted octanol–water partition coefficient (Wildman–Crippen LogP) is 7.34. The number of aromatic amines is 1. The van der Waals surface area contributed by atoms with E-state index in [1.54, 1.807) is 0 Å². The van der Waals surface area contributed by atoms with Crippen LogP contribution < -0.4 is 5.32 Å². The van der Waals surface area contributed by atoms with Gasteiger partial charge in [-0.2, -0.15) is 0 Å². The quantitative estimate of drug-likeness (QED) is 0.238. The summed E-state index contributed by atoms with van der Waals surface area (Å²) in [7, 11) is 0. The van der Waals surface area contributed by atoms with E-state index in [-0.39, 0.29) is 0 Å². The fraction of sp³-hybridized carbons (Fsp3) is 0.810. The molecule has 0 aliphatic heterocycles. The van der Waals surface area contributed by atoms with Crippen molar-refractivity contribution >= 4 is 18.2 Å². The van der Waals surface area contributed by atoms with Crippen LogP contribution in [0.1, 0.15) is 103 Å². The predicted molar refractivity (Wildman–Crippen MR) is 113 cm³/mol. The van der Waals surface area contributed by atoms with Gasteiger partial charge in [0.1, 0.15) is 4.64 Å². The molecule has 0 amide bonds. The summed E-state index contributed by atoms with van der Waals surface area (Å²) in [6.45, 7) is 5.27. The lowest BCUT2D eigenvalue weighted by molar-refractivity contribution is 0.537. The van der Waals surface area contributed by atoms with E-state index in [1.807, 2.05) is 13.0 Å². The largest absolute Gasteiger partial charge is 0.356 e. The zero-order valence-electron chi connectivity index (χ0n) is 16.5. The van der Waals surface area contributed by atoms with E-state index in [0.717, 1.165) is 18.2 Å². The van der Waals surface area contributed by atoms with Crippen molar-refractivity contribution in [3.63, 3.8) is 0 Å². The number of aryl methyl sites for hydroxylation is 1. The smallest absolute Gasteiger partial charge is 0.201 e. The van der Waals surface area contributed by atoms with Gasteiger partial charge in [-0.1, -0.05) is 103 Å². The van der Waals surface area contributed by atoms with Crippen LogP contribution >= 0.6 is 12.2 Å². The minimum atomic E-state index is 0.653. The highest BCUT2D eigenvalue weighted by Crippen LogP contribution is 2.13. The van der Waals surface area contributed by atoms with Gasteiger partial charge in [-0.05, 0) is 19.4 Å². The molecule has 4 heteroatoms. The van der Waals surface area contributed by atoms with Crippen LogP contribution in [0.15, 0.2) is 6.07 Å². The lowest BCUT2D eigenvalue weighted by Gasteiger charge is -2.06. The Hall–Kier alpha value is -0.900. The summed E-state index contributed by atoms with van der Waals surface area (Å²) in [5.74, 6) is 0.805. The van der Waals surface area contributed by atoms with Gasteiger partial charge in [0.2, 0.25) is 5.95 Å². The summed E-state index contributed by atoms with van der Waals surface area (Å²) in [6.07, 6.45) is 19.5. The Labute approximate surface area is 160 Å². The maximum Gasteiger partial charge on any atom is 0.201 e. The van der Waals surface area contributed by atoms with Crippen molar-refractivity contribution in [2.24, 2.45) is 0 Å². The standard InChI is InChI=1S/C21H39N3S/c1-3-4-5-6-7-8-9-10-11-12-13-14-15-16-17-22-21-23-19(2)18-20(25)24-21/h18H,3-17H2,1-2H3,(H2,22,23,24,25). The number of rotatable bonds is 16. The Morgan fingerprint density at radius 3 is 1.80 bits per heavy atom. The summed E-state index contributed by atoms with van der Waals surface area (Å²) >= 11 is 5.13. The van der Waals surface area contributed by atoms with Gasteiger partial charge < -0.3 is 10.3 Å². The molecule has 0 aliphatic rings. The number of H-pyrrole nitrogens is 1. The average Bonchev–Trinajstić information content (AvgIpc) is 2.57. The van der Waals surface area contributed by atoms with Crippen molar-refractivity contribution in [1.29, 1.82) is 0 Å². The van der Waals surface area contributed by atoms with Gasteiger partial charge in [0.25, 0.3) is 0 Å². The third-order valence-electron chi connectivity index (χ3n) is 4.70. The van der Waals surface area contributed by atoms with E-state index in [2.05, 4.69) is 22.2 Å². The minimum absolute atomic E-state index is 0.653. The second kappa shape index (κ2) is 15.4. The van der Waals surface area contributed by atoms with Crippen LogP contribution in [-0.2, 0) is 0 Å². The van der Waals surface area contributed by atoms with E-state index in [9.17, 15) is 0 Å². The maximum absolute atomic E-state index is 5.13. The molecule has 3 nitrogen and oxygen atoms in total. The van der Waals surface area contributed by atoms with Gasteiger partial charge in [-0.15, -0.1) is 0 Å². The normalized spacial score (nSPS) is 11.0. The number of anilines is 1. The molecule has 0 bridgehead atoms. The van der Waals surface area contributed by atoms with Crippen LogP contribution in [0.2, 0.25) is 0 Å². The molecule has 2 N–H and O–H groups in total. The molecule has 1 rings (SSSR count). The van der Waals surface area contributed by atoms with E-state index in [4.69, 9.17) is 12.2 Å². The van der Waals surface area contributed by atoms with Gasteiger partial charge in [0.05, 0.1) is 0 Å². The molecule has 0 aliphatic carbocycles. The third-order valence-corrected chi connectivity index (χ3v) is 4.91. The SMILES string of the molecule is CCCCCCCCCCCCCCCCNc1nc(=S)cc(C)[nH]1. The Morgan fingerprint density at radius 1 is 0.840 bits per heavy atom. The first-order valence-corrected chi connectivity index (χ1v) is 10.9. The van der Waals surface area contributed by atoms with Gasteiger partial charge in [-0.3, -0.25) is 0 Å². The fourth-order valence-electron chi connectivity index (χ4n) is 3.19. The minimum Gasteiger partial charge on any atom is -0.356 e. The Balaban J connectivity index is 1.82. The lowest BCUT2D eigenvalue weighted by Crippen LogP contribution is -2.06. The molecule has 0 radical (unpaired) electrons. The first-order chi connectivity index (χ1) is 12.2. The van der Waals surface area contributed by atoms with Crippen molar-refractivity contribution in [2.45, 2.75) is 104 Å². The average molecular weight is 366 g/mol. The molecular formula is C21H39N3S. The number of aromatic nitrogens is 2. The van der Waals surface area contributed by atoms with E-state index >= 15 is 0 Å². The summed E-state index contributed by atoms with van der Waals surface area (Å²) in [5, 5.41) is 3.34. The van der Waals surface area contributed by atoms with Crippen molar-refractivity contribution in [2.75, 3.05) is 11.9 Å². The van der Waals surface area contributed by atoms with E-state index in [1.165, 1.54) is 89.9 Å². The Kier molecular flexibility index (Phi) is 13.6. The molecule has 1 aromatic rings. The molecule has 0 fully saturated rings. The lowest BCUT2D eigenvalue weighted by atomic mass is 10.0. The molecule has 0 spiro atoms. The molecule has 0 aromatic carbocycles. The molecule has 144 valence electrons. The van der Waals surface area contributed by atoms with Crippen LogP contribution in [0.3, 0.4) is 0 Å². The number of hydrogen-bond acceptors (Lipinski definition) is 3. The van der Waals surface area contributed by atoms with Gasteiger partial charge in [0, 0.05) is 12.2 Å². The van der Waals surface area contributed by atoms with Crippen molar-refractivity contribution < 1.29 is 0 Å². The molecule has 1 aromatic heterocycles. The number of unbranched alkanes of at least 4 members (excludes halogenated alkanes) is 13. The number of hydrogen-bond donors (Lipinski definition) is 2. The molecule has 25 heavy (non-hydrogen) atoms. The van der Waals surface area contributed by atoms with Crippen LogP contribution in [0.4, 0.5) is 5.95 Å². The van der Waals surface area contributed by atoms with Crippen LogP contribution in [0.25, 0.3) is 0 Å². The summed E-state index contributed by atoms with van der Waals surface area (Å²) in [5.41, 5.74) is 1.06. The second-order valence-electron chi connectivity index (χ2n) is 7.27. The van der Waals surface area contributed by atoms with E-state index in [0.29, 0.717) is 4.64 Å². The maximum atomic E-state index is 5.13. The summed E-state index contributed by atoms with van der Waals surface area (Å²) < 4.78 is 0.653. The molecular weight excluding hydrogens is 326 g/mol. The molecule has 0 unspecified atom stereocenters. The highest BCUT2D eigenvalue weighted by Gasteiger charge is 1.96. The molecule has 0 saturated carbocycles. The van der Waals surface area contributed by atoms with Crippen molar-refractivity contribution in [3.8, 4) is 0 Å². The molecule has 0 atom stereocenters. The van der Waals surface area contributed by atoms with Gasteiger partial charge in [-0.25, -0.2) is 4.98 Å². The summed E-state index contributed by atoms with van der Waals surface area (Å²) in [6, 6.07) is 1.88. The van der Waals surface area contributed by atoms with Crippen LogP contribution in [0, 0.1) is 11.6 Å². The third kappa shape index (κ3) is 13.0. The molecule has 0 saturated heterocycles. The fourth-order valence-corrected chi connectivity index (χ4v) is 3.46. The first kappa shape index (κ1) is 22.1. The van der Waals surface area contributed by atoms with Crippen LogP contribution in [-0.4, -0.2) is 16.5 Å². The Bertz CT molecular complexity index is 484. The highest BCUT2D eigenvalue weighted by molar-refractivity contribution is 7.71. The Morgan fingerprint density at radius 2 is 1.32 bits per heavy atom. The van der Waals surface area contributed by atoms with Crippen LogP contribution in [0.5, 0.6) is 0 Å². The van der Waals surface area contributed by atoms with Gasteiger partial charge >= 0.3 is 0 Å². The zero-order chi connectivity index (χ0) is 18.2. The van der Waals surface area contributed by atoms with Crippen molar-refractivity contribution in [3.05, 3.63) is 16.4 Å². The monoisotopic (exact) mass is 365 g/mol. The highest BCUT2D eigenvalue weighted by atomic mass is 32.1. The first-order valence-electron chi connectivity index (χ1n) is 10.5. The van der Waals surface area contributed by atoms with Crippen molar-refractivity contribution in [1.82, 2.24) is 9.97 Å². The zero-order valence-corrected chi connectivity index (χ0v) is 17.4.